The highest BCUT2D eigenvalue weighted by Gasteiger charge is 2.05. The van der Waals surface area contributed by atoms with Crippen LogP contribution >= 0.6 is 11.8 Å². The van der Waals surface area contributed by atoms with Crippen molar-refractivity contribution in [3.05, 3.63) is 48.2 Å². The van der Waals surface area contributed by atoms with E-state index < -0.39 is 0 Å². The lowest BCUT2D eigenvalue weighted by Gasteiger charge is -2.10. The van der Waals surface area contributed by atoms with Crippen molar-refractivity contribution in [2.75, 3.05) is 19.5 Å². The highest BCUT2D eigenvalue weighted by molar-refractivity contribution is 7.99. The minimum atomic E-state index is -0.193. The summed E-state index contributed by atoms with van der Waals surface area (Å²) in [4.78, 5) is 15.9. The standard InChI is InChI=1S/C18H21N3O3S/c1-3-10-24-15-8-7-14(11-16(15)23-2)12-20-21-17(22)13-25-18-6-4-5-9-19-18/h4-9,11-12H,3,10,13H2,1-2H3,(H,21,22)/b20-12-. The van der Waals surface area contributed by atoms with Crippen molar-refractivity contribution in [2.45, 2.75) is 18.4 Å². The highest BCUT2D eigenvalue weighted by Crippen LogP contribution is 2.27. The van der Waals surface area contributed by atoms with Crippen LogP contribution in [-0.4, -0.2) is 36.6 Å². The summed E-state index contributed by atoms with van der Waals surface area (Å²) in [7, 11) is 1.59. The zero-order valence-corrected chi connectivity index (χ0v) is 15.1. The van der Waals surface area contributed by atoms with E-state index in [4.69, 9.17) is 9.47 Å². The van der Waals surface area contributed by atoms with Crippen LogP contribution in [-0.2, 0) is 4.79 Å². The fourth-order valence-corrected chi connectivity index (χ4v) is 2.53. The summed E-state index contributed by atoms with van der Waals surface area (Å²) in [5.41, 5.74) is 3.30. The number of amides is 1. The molecule has 0 radical (unpaired) electrons. The number of hydrazone groups is 1. The molecular weight excluding hydrogens is 338 g/mol. The van der Waals surface area contributed by atoms with Crippen LogP contribution in [0.15, 0.2) is 52.7 Å². The van der Waals surface area contributed by atoms with Crippen LogP contribution in [0, 0.1) is 0 Å². The molecule has 7 heteroatoms. The predicted octanol–water partition coefficient (Wildman–Crippen LogP) is 3.12. The Morgan fingerprint density at radius 1 is 1.32 bits per heavy atom. The van der Waals surface area contributed by atoms with Crippen LogP contribution in [0.5, 0.6) is 11.5 Å². The number of rotatable bonds is 9. The summed E-state index contributed by atoms with van der Waals surface area (Å²) in [5, 5.41) is 4.77. The molecule has 0 atom stereocenters. The molecule has 0 fully saturated rings. The summed E-state index contributed by atoms with van der Waals surface area (Å²) in [6, 6.07) is 11.1. The molecule has 6 nitrogen and oxygen atoms in total. The first-order chi connectivity index (χ1) is 12.2. The van der Waals surface area contributed by atoms with Crippen molar-refractivity contribution >= 4 is 23.9 Å². The van der Waals surface area contributed by atoms with E-state index in [1.807, 2.05) is 43.3 Å². The van der Waals surface area contributed by atoms with Gasteiger partial charge in [-0.2, -0.15) is 5.10 Å². The third kappa shape index (κ3) is 6.46. The lowest BCUT2D eigenvalue weighted by Crippen LogP contribution is -2.19. The monoisotopic (exact) mass is 359 g/mol. The molecule has 0 aliphatic heterocycles. The summed E-state index contributed by atoms with van der Waals surface area (Å²) in [6.07, 6.45) is 4.18. The second kappa shape index (κ2) is 10.4. The van der Waals surface area contributed by atoms with Gasteiger partial charge in [0.25, 0.3) is 0 Å². The molecule has 0 aliphatic rings. The minimum absolute atomic E-state index is 0.193. The molecular formula is C18H21N3O3S. The van der Waals surface area contributed by atoms with Crippen molar-refractivity contribution in [1.82, 2.24) is 10.4 Å². The lowest BCUT2D eigenvalue weighted by atomic mass is 10.2. The number of ether oxygens (including phenoxy) is 2. The maximum absolute atomic E-state index is 11.8. The Bertz CT molecular complexity index is 708. The van der Waals surface area contributed by atoms with Gasteiger partial charge in [-0.25, -0.2) is 10.4 Å². The van der Waals surface area contributed by atoms with Gasteiger partial charge in [0.05, 0.1) is 30.7 Å². The predicted molar refractivity (Wildman–Crippen MR) is 99.5 cm³/mol. The van der Waals surface area contributed by atoms with Gasteiger partial charge in [0.2, 0.25) is 5.91 Å². The van der Waals surface area contributed by atoms with Gasteiger partial charge in [-0.3, -0.25) is 4.79 Å². The molecule has 25 heavy (non-hydrogen) atoms. The van der Waals surface area contributed by atoms with Crippen molar-refractivity contribution in [1.29, 1.82) is 0 Å². The molecule has 0 aliphatic carbocycles. The summed E-state index contributed by atoms with van der Waals surface area (Å²) in [5.74, 6) is 1.38. The normalized spacial score (nSPS) is 10.6. The van der Waals surface area contributed by atoms with Gasteiger partial charge in [-0.05, 0) is 42.3 Å². The van der Waals surface area contributed by atoms with E-state index in [1.165, 1.54) is 11.8 Å². The molecule has 2 rings (SSSR count). The number of nitrogens with zero attached hydrogens (tertiary/aromatic N) is 2. The van der Waals surface area contributed by atoms with Crippen LogP contribution in [0.3, 0.4) is 0 Å². The fraction of sp³-hybridized carbons (Fsp3) is 0.278. The number of hydrogen-bond acceptors (Lipinski definition) is 6. The van der Waals surface area contributed by atoms with Crippen molar-refractivity contribution in [2.24, 2.45) is 5.10 Å². The number of carbonyl (C=O) groups excluding carboxylic acids is 1. The largest absolute Gasteiger partial charge is 0.493 e. The molecule has 1 aromatic heterocycles. The number of nitrogens with one attached hydrogen (secondary N) is 1. The Morgan fingerprint density at radius 3 is 2.92 bits per heavy atom. The van der Waals surface area contributed by atoms with E-state index in [-0.39, 0.29) is 11.7 Å². The summed E-state index contributed by atoms with van der Waals surface area (Å²) in [6.45, 7) is 2.68. The Balaban J connectivity index is 1.85. The average molecular weight is 359 g/mol. The van der Waals surface area contributed by atoms with Crippen molar-refractivity contribution in [3.63, 3.8) is 0 Å². The Hall–Kier alpha value is -2.54. The number of pyridine rings is 1. The van der Waals surface area contributed by atoms with Crippen LogP contribution in [0.2, 0.25) is 0 Å². The number of carbonyl (C=O) groups is 1. The number of methoxy groups -OCH3 is 1. The van der Waals surface area contributed by atoms with Gasteiger partial charge >= 0.3 is 0 Å². The second-order valence-electron chi connectivity index (χ2n) is 5.01. The Kier molecular flexibility index (Phi) is 7.78. The number of aromatic nitrogens is 1. The molecule has 0 saturated heterocycles. The number of thioether (sulfide) groups is 1. The van der Waals surface area contributed by atoms with Crippen LogP contribution < -0.4 is 14.9 Å². The molecule has 0 spiro atoms. The van der Waals surface area contributed by atoms with Gasteiger partial charge in [0.15, 0.2) is 11.5 Å². The third-order valence-corrected chi connectivity index (χ3v) is 3.98. The van der Waals surface area contributed by atoms with Crippen molar-refractivity contribution < 1.29 is 14.3 Å². The first-order valence-electron chi connectivity index (χ1n) is 7.89. The van der Waals surface area contributed by atoms with E-state index >= 15 is 0 Å². The first-order valence-corrected chi connectivity index (χ1v) is 8.88. The van der Waals surface area contributed by atoms with E-state index in [0.29, 0.717) is 18.1 Å². The molecule has 0 saturated carbocycles. The minimum Gasteiger partial charge on any atom is -0.493 e. The fourth-order valence-electron chi connectivity index (χ4n) is 1.88. The van der Waals surface area contributed by atoms with E-state index in [1.54, 1.807) is 19.5 Å². The van der Waals surface area contributed by atoms with Crippen LogP contribution in [0.4, 0.5) is 0 Å². The Morgan fingerprint density at radius 2 is 2.20 bits per heavy atom. The zero-order valence-electron chi connectivity index (χ0n) is 14.3. The zero-order chi connectivity index (χ0) is 17.9. The molecule has 1 N–H and O–H groups in total. The van der Waals surface area contributed by atoms with Crippen molar-refractivity contribution in [3.8, 4) is 11.5 Å². The summed E-state index contributed by atoms with van der Waals surface area (Å²) < 4.78 is 10.9. The first kappa shape index (κ1) is 18.8. The smallest absolute Gasteiger partial charge is 0.250 e. The average Bonchev–Trinajstić information content (AvgIpc) is 2.66. The Labute approximate surface area is 151 Å². The van der Waals surface area contributed by atoms with Crippen LogP contribution in [0.25, 0.3) is 0 Å². The third-order valence-electron chi connectivity index (χ3n) is 3.04. The molecule has 0 unspecified atom stereocenters. The highest BCUT2D eigenvalue weighted by atomic mass is 32.2. The second-order valence-corrected chi connectivity index (χ2v) is 6.00. The molecule has 2 aromatic rings. The molecule has 0 bridgehead atoms. The van der Waals surface area contributed by atoms with Gasteiger partial charge in [0, 0.05) is 6.20 Å². The lowest BCUT2D eigenvalue weighted by molar-refractivity contribution is -0.118. The summed E-state index contributed by atoms with van der Waals surface area (Å²) >= 11 is 1.36. The maximum Gasteiger partial charge on any atom is 0.250 e. The van der Waals surface area contributed by atoms with E-state index in [9.17, 15) is 4.79 Å². The van der Waals surface area contributed by atoms with Gasteiger partial charge in [-0.1, -0.05) is 24.8 Å². The topological polar surface area (TPSA) is 72.8 Å². The van der Waals surface area contributed by atoms with E-state index in [0.717, 1.165) is 17.0 Å². The maximum atomic E-state index is 11.8. The molecule has 1 amide bonds. The SMILES string of the molecule is CCCOc1ccc(/C=N\NC(=O)CSc2ccccn2)cc1OC. The molecule has 132 valence electrons. The quantitative estimate of drug-likeness (QED) is 0.423. The number of benzene rings is 1. The van der Waals surface area contributed by atoms with Crippen LogP contribution in [0.1, 0.15) is 18.9 Å². The van der Waals surface area contributed by atoms with E-state index in [2.05, 4.69) is 15.5 Å². The molecule has 1 heterocycles. The van der Waals surface area contributed by atoms with Gasteiger partial charge in [-0.15, -0.1) is 0 Å². The van der Waals surface area contributed by atoms with Gasteiger partial charge < -0.3 is 9.47 Å². The number of hydrogen-bond donors (Lipinski definition) is 1. The van der Waals surface area contributed by atoms with Gasteiger partial charge in [0.1, 0.15) is 0 Å². The molecule has 1 aromatic carbocycles.